The van der Waals surface area contributed by atoms with Gasteiger partial charge in [0.15, 0.2) is 5.52 Å². The van der Waals surface area contributed by atoms with Crippen LogP contribution >= 0.6 is 11.5 Å². The van der Waals surface area contributed by atoms with Gasteiger partial charge in [0.2, 0.25) is 0 Å². The topological polar surface area (TPSA) is 99.2 Å². The number of fused-ring (bicyclic) bond motifs is 1. The van der Waals surface area contributed by atoms with Gasteiger partial charge in [-0.15, -0.1) is 0 Å². The Morgan fingerprint density at radius 2 is 2.00 bits per heavy atom. The maximum atomic E-state index is 10.9. The molecule has 16 heavy (non-hydrogen) atoms. The first-order chi connectivity index (χ1) is 7.52. The highest BCUT2D eigenvalue weighted by Gasteiger charge is 2.26. The molecule has 0 unspecified atom stereocenters. The quantitative estimate of drug-likeness (QED) is 0.591. The van der Waals surface area contributed by atoms with Crippen molar-refractivity contribution in [1.29, 1.82) is 0 Å². The van der Waals surface area contributed by atoms with Gasteiger partial charge in [-0.25, -0.2) is 0 Å². The maximum Gasteiger partial charge on any atom is 0.306 e. The molecular formula is C8H5N3O4S. The average Bonchev–Trinajstić information content (AvgIpc) is 2.62. The van der Waals surface area contributed by atoms with Crippen LogP contribution in [0.4, 0.5) is 11.4 Å². The Bertz CT molecular complexity index is 607. The fourth-order valence-corrected chi connectivity index (χ4v) is 2.14. The van der Waals surface area contributed by atoms with Crippen molar-refractivity contribution in [2.24, 2.45) is 0 Å². The highest BCUT2D eigenvalue weighted by molar-refractivity contribution is 7.04. The molecule has 7 nitrogen and oxygen atoms in total. The van der Waals surface area contributed by atoms with Crippen LogP contribution in [0.25, 0.3) is 10.9 Å². The van der Waals surface area contributed by atoms with Crippen molar-refractivity contribution in [3.05, 3.63) is 37.2 Å². The molecule has 0 atom stereocenters. The van der Waals surface area contributed by atoms with Crippen molar-refractivity contribution >= 4 is 33.8 Å². The lowest BCUT2D eigenvalue weighted by Crippen LogP contribution is -1.98. The summed E-state index contributed by atoms with van der Waals surface area (Å²) >= 11 is 1.04. The molecule has 2 aromatic rings. The first-order valence-electron chi connectivity index (χ1n) is 4.19. The second-order valence-electron chi connectivity index (χ2n) is 3.14. The molecule has 0 saturated carbocycles. The van der Waals surface area contributed by atoms with Crippen LogP contribution < -0.4 is 0 Å². The zero-order valence-electron chi connectivity index (χ0n) is 8.04. The number of hydrogen-bond acceptors (Lipinski definition) is 6. The molecule has 82 valence electrons. The summed E-state index contributed by atoms with van der Waals surface area (Å²) in [6, 6.07) is 1.31. The number of nitro benzene ring substituents is 2. The largest absolute Gasteiger partial charge is 0.306 e. The third kappa shape index (κ3) is 1.39. The van der Waals surface area contributed by atoms with Gasteiger partial charge in [0.25, 0.3) is 5.69 Å². The standard InChI is InChI=1S/C8H5N3O4S/c1-4-6(10(12)13)2-5-3-16-9-7(5)8(4)11(14)15/h2-3H,1H3. The zero-order valence-corrected chi connectivity index (χ0v) is 8.85. The summed E-state index contributed by atoms with van der Waals surface area (Å²) in [5, 5.41) is 23.6. The normalized spacial score (nSPS) is 10.6. The molecule has 0 N–H and O–H groups in total. The van der Waals surface area contributed by atoms with E-state index in [4.69, 9.17) is 0 Å². The first-order valence-corrected chi connectivity index (χ1v) is 5.02. The lowest BCUT2D eigenvalue weighted by molar-refractivity contribution is -0.394. The monoisotopic (exact) mass is 239 g/mol. The van der Waals surface area contributed by atoms with Crippen molar-refractivity contribution < 1.29 is 9.85 Å². The summed E-state index contributed by atoms with van der Waals surface area (Å²) in [5.74, 6) is 0. The third-order valence-electron chi connectivity index (χ3n) is 2.23. The Balaban J connectivity index is 2.92. The molecule has 8 heteroatoms. The van der Waals surface area contributed by atoms with E-state index in [1.54, 1.807) is 5.38 Å². The molecule has 1 aromatic heterocycles. The predicted molar refractivity (Wildman–Crippen MR) is 57.7 cm³/mol. The van der Waals surface area contributed by atoms with Gasteiger partial charge in [0, 0.05) is 16.8 Å². The smallest absolute Gasteiger partial charge is 0.258 e. The van der Waals surface area contributed by atoms with Crippen LogP contribution in [0, 0.1) is 27.2 Å². The molecule has 0 saturated heterocycles. The Morgan fingerprint density at radius 1 is 1.31 bits per heavy atom. The van der Waals surface area contributed by atoms with Gasteiger partial charge in [-0.1, -0.05) is 0 Å². The van der Waals surface area contributed by atoms with E-state index in [9.17, 15) is 20.2 Å². The van der Waals surface area contributed by atoms with E-state index in [-0.39, 0.29) is 22.5 Å². The molecule has 1 aromatic carbocycles. The number of benzene rings is 1. The fourth-order valence-electron chi connectivity index (χ4n) is 1.49. The maximum absolute atomic E-state index is 10.9. The minimum Gasteiger partial charge on any atom is -0.258 e. The Kier molecular flexibility index (Phi) is 2.27. The van der Waals surface area contributed by atoms with Crippen LogP contribution in [-0.2, 0) is 0 Å². The average molecular weight is 239 g/mol. The molecule has 1 heterocycles. The highest BCUT2D eigenvalue weighted by atomic mass is 32.1. The van der Waals surface area contributed by atoms with Crippen LogP contribution in [0.3, 0.4) is 0 Å². The molecule has 0 spiro atoms. The number of aromatic nitrogens is 1. The molecule has 2 rings (SSSR count). The van der Waals surface area contributed by atoms with E-state index >= 15 is 0 Å². The van der Waals surface area contributed by atoms with Crippen LogP contribution in [0.2, 0.25) is 0 Å². The number of rotatable bonds is 2. The highest BCUT2D eigenvalue weighted by Crippen LogP contribution is 2.35. The van der Waals surface area contributed by atoms with Gasteiger partial charge < -0.3 is 0 Å². The summed E-state index contributed by atoms with van der Waals surface area (Å²) in [7, 11) is 0. The van der Waals surface area contributed by atoms with E-state index < -0.39 is 9.85 Å². The van der Waals surface area contributed by atoms with Gasteiger partial charge in [-0.2, -0.15) is 4.37 Å². The second kappa shape index (κ2) is 3.49. The number of nitro groups is 2. The predicted octanol–water partition coefficient (Wildman–Crippen LogP) is 2.42. The summed E-state index contributed by atoms with van der Waals surface area (Å²) in [6.45, 7) is 1.36. The van der Waals surface area contributed by atoms with Gasteiger partial charge in [0.1, 0.15) is 5.56 Å². The molecule has 0 radical (unpaired) electrons. The summed E-state index contributed by atoms with van der Waals surface area (Å²) < 4.78 is 3.88. The third-order valence-corrected chi connectivity index (χ3v) is 2.88. The van der Waals surface area contributed by atoms with Crippen molar-refractivity contribution in [2.75, 3.05) is 0 Å². The van der Waals surface area contributed by atoms with Crippen LogP contribution in [0.1, 0.15) is 5.56 Å². The summed E-state index contributed by atoms with van der Waals surface area (Å²) in [5.41, 5.74) is -0.295. The van der Waals surface area contributed by atoms with Crippen LogP contribution in [0.5, 0.6) is 0 Å². The molecule has 0 fully saturated rings. The summed E-state index contributed by atoms with van der Waals surface area (Å²) in [6.07, 6.45) is 0. The van der Waals surface area contributed by atoms with Crippen LogP contribution in [0.15, 0.2) is 11.4 Å². The Labute approximate surface area is 92.8 Å². The molecular weight excluding hydrogens is 234 g/mol. The Hall–Kier alpha value is -2.09. The second-order valence-corrected chi connectivity index (χ2v) is 3.76. The fraction of sp³-hybridized carbons (Fsp3) is 0.125. The van der Waals surface area contributed by atoms with Gasteiger partial charge in [-0.3, -0.25) is 20.2 Å². The SMILES string of the molecule is Cc1c([N+](=O)[O-])cc2csnc2c1[N+](=O)[O-]. The number of nitrogens with zero attached hydrogens (tertiary/aromatic N) is 3. The molecule has 0 bridgehead atoms. The van der Waals surface area contributed by atoms with E-state index in [2.05, 4.69) is 4.37 Å². The minimum atomic E-state index is -0.635. The summed E-state index contributed by atoms with van der Waals surface area (Å²) in [4.78, 5) is 20.3. The van der Waals surface area contributed by atoms with Gasteiger partial charge in [-0.05, 0) is 18.5 Å². The van der Waals surface area contributed by atoms with E-state index in [0.29, 0.717) is 5.39 Å². The van der Waals surface area contributed by atoms with E-state index in [1.807, 2.05) is 0 Å². The van der Waals surface area contributed by atoms with Gasteiger partial charge in [0.05, 0.1) is 9.85 Å². The number of hydrogen-bond donors (Lipinski definition) is 0. The Morgan fingerprint density at radius 3 is 2.56 bits per heavy atom. The van der Waals surface area contributed by atoms with E-state index in [0.717, 1.165) is 11.5 Å². The van der Waals surface area contributed by atoms with Crippen molar-refractivity contribution in [3.8, 4) is 0 Å². The van der Waals surface area contributed by atoms with Crippen LogP contribution in [-0.4, -0.2) is 14.2 Å². The zero-order chi connectivity index (χ0) is 11.9. The molecule has 0 aliphatic rings. The molecule has 0 amide bonds. The van der Waals surface area contributed by atoms with Crippen molar-refractivity contribution in [1.82, 2.24) is 4.37 Å². The first kappa shape index (κ1) is 10.4. The van der Waals surface area contributed by atoms with Gasteiger partial charge >= 0.3 is 5.69 Å². The van der Waals surface area contributed by atoms with Crippen molar-refractivity contribution in [3.63, 3.8) is 0 Å². The van der Waals surface area contributed by atoms with E-state index in [1.165, 1.54) is 13.0 Å². The lowest BCUT2D eigenvalue weighted by atomic mass is 10.1. The van der Waals surface area contributed by atoms with Crippen molar-refractivity contribution in [2.45, 2.75) is 6.92 Å². The minimum absolute atomic E-state index is 0.0356. The molecule has 0 aliphatic carbocycles. The lowest BCUT2D eigenvalue weighted by Gasteiger charge is -1.99. The molecule has 0 aliphatic heterocycles.